The highest BCUT2D eigenvalue weighted by Gasteiger charge is 2.21. The number of nitrogens with two attached hydrogens (primary N) is 1. The first-order valence-corrected chi connectivity index (χ1v) is 6.34. The highest BCUT2D eigenvalue weighted by atomic mass is 15.3. The zero-order valence-corrected chi connectivity index (χ0v) is 10.3. The molecule has 1 aromatic heterocycles. The standard InChI is InChI=1S/C12H22N4/c1-9(13)8-12-15-14-10(2)16(12)11-6-4-3-5-7-11/h9,11H,3-8,13H2,1-2H3. The third-order valence-electron chi connectivity index (χ3n) is 3.38. The van der Waals surface area contributed by atoms with Crippen LogP contribution in [0.4, 0.5) is 0 Å². The van der Waals surface area contributed by atoms with Crippen LogP contribution in [0.15, 0.2) is 0 Å². The summed E-state index contributed by atoms with van der Waals surface area (Å²) in [4.78, 5) is 0. The molecule has 1 aromatic rings. The fourth-order valence-electron chi connectivity index (χ4n) is 2.65. The normalized spacial score (nSPS) is 19.9. The first-order valence-electron chi connectivity index (χ1n) is 6.34. The van der Waals surface area contributed by atoms with Gasteiger partial charge in [0.15, 0.2) is 0 Å². The summed E-state index contributed by atoms with van der Waals surface area (Å²) in [5.74, 6) is 2.11. The van der Waals surface area contributed by atoms with Crippen molar-refractivity contribution in [1.82, 2.24) is 14.8 Å². The highest BCUT2D eigenvalue weighted by Crippen LogP contribution is 2.29. The number of aromatic nitrogens is 3. The van der Waals surface area contributed by atoms with Gasteiger partial charge in [0.05, 0.1) is 0 Å². The van der Waals surface area contributed by atoms with E-state index in [1.54, 1.807) is 0 Å². The second-order valence-corrected chi connectivity index (χ2v) is 5.01. The van der Waals surface area contributed by atoms with Crippen molar-refractivity contribution in [3.05, 3.63) is 11.6 Å². The van der Waals surface area contributed by atoms with E-state index in [0.717, 1.165) is 18.1 Å². The molecule has 16 heavy (non-hydrogen) atoms. The van der Waals surface area contributed by atoms with Gasteiger partial charge in [0.1, 0.15) is 11.6 Å². The number of hydrogen-bond acceptors (Lipinski definition) is 3. The van der Waals surface area contributed by atoms with E-state index < -0.39 is 0 Å². The average Bonchev–Trinajstić information content (AvgIpc) is 2.60. The Morgan fingerprint density at radius 2 is 2.00 bits per heavy atom. The Balaban J connectivity index is 2.19. The maximum Gasteiger partial charge on any atom is 0.134 e. The molecule has 1 aliphatic carbocycles. The largest absolute Gasteiger partial charge is 0.328 e. The lowest BCUT2D eigenvalue weighted by atomic mass is 9.95. The van der Waals surface area contributed by atoms with Gasteiger partial charge < -0.3 is 10.3 Å². The lowest BCUT2D eigenvalue weighted by Crippen LogP contribution is -2.23. The summed E-state index contributed by atoms with van der Waals surface area (Å²) in [6.45, 7) is 4.07. The minimum atomic E-state index is 0.158. The Kier molecular flexibility index (Phi) is 3.59. The molecule has 1 saturated carbocycles. The van der Waals surface area contributed by atoms with Crippen molar-refractivity contribution < 1.29 is 0 Å². The minimum absolute atomic E-state index is 0.158. The molecule has 0 saturated heterocycles. The Bertz CT molecular complexity index is 337. The highest BCUT2D eigenvalue weighted by molar-refractivity contribution is 4.99. The molecule has 2 N–H and O–H groups in total. The fraction of sp³-hybridized carbons (Fsp3) is 0.833. The van der Waals surface area contributed by atoms with E-state index in [-0.39, 0.29) is 6.04 Å². The van der Waals surface area contributed by atoms with Crippen molar-refractivity contribution in [2.75, 3.05) is 0 Å². The van der Waals surface area contributed by atoms with E-state index in [2.05, 4.69) is 14.8 Å². The van der Waals surface area contributed by atoms with Crippen molar-refractivity contribution in [2.24, 2.45) is 5.73 Å². The van der Waals surface area contributed by atoms with Gasteiger partial charge in [-0.1, -0.05) is 19.3 Å². The van der Waals surface area contributed by atoms with Crippen LogP contribution in [0.5, 0.6) is 0 Å². The monoisotopic (exact) mass is 222 g/mol. The minimum Gasteiger partial charge on any atom is -0.328 e. The summed E-state index contributed by atoms with van der Waals surface area (Å²) in [6, 6.07) is 0.767. The van der Waals surface area contributed by atoms with E-state index in [1.807, 2.05) is 13.8 Å². The maximum absolute atomic E-state index is 5.85. The third kappa shape index (κ3) is 2.43. The SMILES string of the molecule is Cc1nnc(CC(C)N)n1C1CCCCC1. The van der Waals surface area contributed by atoms with E-state index in [9.17, 15) is 0 Å². The summed E-state index contributed by atoms with van der Waals surface area (Å²) in [5, 5.41) is 8.47. The quantitative estimate of drug-likeness (QED) is 0.850. The number of nitrogens with zero attached hydrogens (tertiary/aromatic N) is 3. The van der Waals surface area contributed by atoms with Crippen LogP contribution < -0.4 is 5.73 Å². The van der Waals surface area contributed by atoms with E-state index in [0.29, 0.717) is 6.04 Å². The molecule has 90 valence electrons. The van der Waals surface area contributed by atoms with E-state index in [4.69, 9.17) is 5.73 Å². The Labute approximate surface area is 97.2 Å². The van der Waals surface area contributed by atoms with Crippen molar-refractivity contribution in [3.63, 3.8) is 0 Å². The molecule has 0 spiro atoms. The Hall–Kier alpha value is -0.900. The molecular formula is C12H22N4. The fourth-order valence-corrected chi connectivity index (χ4v) is 2.65. The van der Waals surface area contributed by atoms with Gasteiger partial charge in [-0.05, 0) is 26.7 Å². The van der Waals surface area contributed by atoms with Crippen molar-refractivity contribution in [2.45, 2.75) is 64.5 Å². The lowest BCUT2D eigenvalue weighted by Gasteiger charge is -2.25. The van der Waals surface area contributed by atoms with Crippen LogP contribution in [-0.2, 0) is 6.42 Å². The molecule has 0 radical (unpaired) electrons. The summed E-state index contributed by atoms with van der Waals surface area (Å²) in [5.41, 5.74) is 5.85. The molecule has 4 nitrogen and oxygen atoms in total. The number of aryl methyl sites for hydroxylation is 1. The Morgan fingerprint density at radius 3 is 2.62 bits per heavy atom. The average molecular weight is 222 g/mol. The number of rotatable bonds is 3. The van der Waals surface area contributed by atoms with Gasteiger partial charge >= 0.3 is 0 Å². The van der Waals surface area contributed by atoms with E-state index in [1.165, 1.54) is 32.1 Å². The van der Waals surface area contributed by atoms with Gasteiger partial charge in [0.2, 0.25) is 0 Å². The van der Waals surface area contributed by atoms with Crippen LogP contribution in [0.2, 0.25) is 0 Å². The molecule has 0 bridgehead atoms. The van der Waals surface area contributed by atoms with Crippen LogP contribution in [0.3, 0.4) is 0 Å². The molecule has 0 amide bonds. The van der Waals surface area contributed by atoms with Gasteiger partial charge in [0.25, 0.3) is 0 Å². The van der Waals surface area contributed by atoms with Crippen LogP contribution in [-0.4, -0.2) is 20.8 Å². The first-order chi connectivity index (χ1) is 7.68. The second-order valence-electron chi connectivity index (χ2n) is 5.01. The topological polar surface area (TPSA) is 56.7 Å². The van der Waals surface area contributed by atoms with Crippen LogP contribution in [0.1, 0.15) is 56.7 Å². The van der Waals surface area contributed by atoms with E-state index >= 15 is 0 Å². The zero-order valence-electron chi connectivity index (χ0n) is 10.3. The summed E-state index contributed by atoms with van der Waals surface area (Å²) >= 11 is 0. The van der Waals surface area contributed by atoms with Crippen molar-refractivity contribution >= 4 is 0 Å². The van der Waals surface area contributed by atoms with Crippen LogP contribution in [0.25, 0.3) is 0 Å². The van der Waals surface area contributed by atoms with Gasteiger partial charge in [-0.2, -0.15) is 0 Å². The molecule has 1 fully saturated rings. The molecule has 1 unspecified atom stereocenters. The summed E-state index contributed by atoms with van der Waals surface area (Å²) < 4.78 is 2.32. The smallest absolute Gasteiger partial charge is 0.134 e. The molecule has 0 aromatic carbocycles. The molecule has 1 aliphatic rings. The summed E-state index contributed by atoms with van der Waals surface area (Å²) in [6.07, 6.45) is 7.41. The molecule has 0 aliphatic heterocycles. The van der Waals surface area contributed by atoms with Gasteiger partial charge in [-0.15, -0.1) is 10.2 Å². The Morgan fingerprint density at radius 1 is 1.31 bits per heavy atom. The van der Waals surface area contributed by atoms with Gasteiger partial charge in [-0.25, -0.2) is 0 Å². The summed E-state index contributed by atoms with van der Waals surface area (Å²) in [7, 11) is 0. The first kappa shape index (κ1) is 11.6. The van der Waals surface area contributed by atoms with Crippen LogP contribution >= 0.6 is 0 Å². The van der Waals surface area contributed by atoms with Gasteiger partial charge in [-0.3, -0.25) is 0 Å². The maximum atomic E-state index is 5.85. The lowest BCUT2D eigenvalue weighted by molar-refractivity contribution is 0.339. The molecule has 4 heteroatoms. The third-order valence-corrected chi connectivity index (χ3v) is 3.38. The van der Waals surface area contributed by atoms with Crippen LogP contribution in [0, 0.1) is 6.92 Å². The van der Waals surface area contributed by atoms with Gasteiger partial charge in [0, 0.05) is 18.5 Å². The second kappa shape index (κ2) is 4.95. The molecule has 1 atom stereocenters. The molecular weight excluding hydrogens is 200 g/mol. The predicted octanol–water partition coefficient (Wildman–Crippen LogP) is 1.98. The van der Waals surface area contributed by atoms with Crippen molar-refractivity contribution in [3.8, 4) is 0 Å². The number of hydrogen-bond donors (Lipinski definition) is 1. The predicted molar refractivity (Wildman–Crippen MR) is 64.2 cm³/mol. The molecule has 1 heterocycles. The molecule has 2 rings (SSSR count). The zero-order chi connectivity index (χ0) is 11.5. The van der Waals surface area contributed by atoms with Crippen molar-refractivity contribution in [1.29, 1.82) is 0 Å².